The number of furan rings is 1. The van der Waals surface area contributed by atoms with Crippen molar-refractivity contribution in [1.82, 2.24) is 4.98 Å². The van der Waals surface area contributed by atoms with Crippen LogP contribution in [0.3, 0.4) is 0 Å². The lowest BCUT2D eigenvalue weighted by atomic mass is 9.98. The van der Waals surface area contributed by atoms with Gasteiger partial charge >= 0.3 is 0 Å². The van der Waals surface area contributed by atoms with Crippen LogP contribution in [0, 0.1) is 0 Å². The van der Waals surface area contributed by atoms with Gasteiger partial charge < -0.3 is 13.7 Å². The van der Waals surface area contributed by atoms with Gasteiger partial charge in [-0.3, -0.25) is 0 Å². The molecule has 11 rings (SSSR count). The zero-order valence-corrected chi connectivity index (χ0v) is 29.8. The summed E-state index contributed by atoms with van der Waals surface area (Å²) in [5.41, 5.74) is 11.9. The Morgan fingerprint density at radius 3 is 1.94 bits per heavy atom. The number of benzene rings is 8. The molecule has 0 atom stereocenters. The number of aromatic nitrogens is 1. The summed E-state index contributed by atoms with van der Waals surface area (Å²) in [4.78, 5) is 7.19. The van der Waals surface area contributed by atoms with Gasteiger partial charge in [0.15, 0.2) is 5.58 Å². The Bertz CT molecular complexity index is 3160. The van der Waals surface area contributed by atoms with Crippen LogP contribution in [0.4, 0.5) is 17.1 Å². The van der Waals surface area contributed by atoms with Crippen LogP contribution in [0.25, 0.3) is 86.9 Å². The predicted octanol–water partition coefficient (Wildman–Crippen LogP) is 14.6. The molecule has 0 amide bonds. The van der Waals surface area contributed by atoms with Crippen LogP contribution in [-0.2, 0) is 0 Å². The second-order valence-corrected chi connectivity index (χ2v) is 14.6. The van der Waals surface area contributed by atoms with Gasteiger partial charge in [0, 0.05) is 48.2 Å². The van der Waals surface area contributed by atoms with E-state index in [1.807, 2.05) is 53.8 Å². The Balaban J connectivity index is 1.10. The first kappa shape index (κ1) is 30.7. The van der Waals surface area contributed by atoms with Crippen LogP contribution < -0.4 is 4.90 Å². The summed E-state index contributed by atoms with van der Waals surface area (Å²) in [5, 5.41) is 4.48. The maximum atomic E-state index is 6.50. The highest BCUT2D eigenvalue weighted by atomic mass is 32.1. The van der Waals surface area contributed by atoms with E-state index in [9.17, 15) is 0 Å². The van der Waals surface area contributed by atoms with Gasteiger partial charge in [0.1, 0.15) is 16.7 Å². The van der Waals surface area contributed by atoms with Crippen molar-refractivity contribution in [2.75, 3.05) is 4.90 Å². The fraction of sp³-hybridized carbons (Fsp3) is 0. The van der Waals surface area contributed by atoms with Crippen molar-refractivity contribution in [3.63, 3.8) is 0 Å². The minimum atomic E-state index is 0.592. The Morgan fingerprint density at radius 1 is 0.426 bits per heavy atom. The minimum absolute atomic E-state index is 0.592. The molecule has 11 aromatic rings. The van der Waals surface area contributed by atoms with Crippen molar-refractivity contribution in [1.29, 1.82) is 0 Å². The monoisotopic (exact) mass is 710 g/mol. The molecular formula is C49H30N2O2S. The molecule has 3 aromatic heterocycles. The van der Waals surface area contributed by atoms with E-state index in [1.54, 1.807) is 0 Å². The predicted molar refractivity (Wildman–Crippen MR) is 225 cm³/mol. The number of anilines is 3. The van der Waals surface area contributed by atoms with Gasteiger partial charge in [-0.25, -0.2) is 4.98 Å². The summed E-state index contributed by atoms with van der Waals surface area (Å²) < 4.78 is 15.5. The second kappa shape index (κ2) is 12.3. The van der Waals surface area contributed by atoms with E-state index in [0.717, 1.165) is 55.7 Å². The van der Waals surface area contributed by atoms with Crippen LogP contribution in [0.1, 0.15) is 0 Å². The third-order valence-corrected chi connectivity index (χ3v) is 11.4. The van der Waals surface area contributed by atoms with Crippen LogP contribution in [-0.4, -0.2) is 4.98 Å². The molecule has 0 bridgehead atoms. The summed E-state index contributed by atoms with van der Waals surface area (Å²) in [6.45, 7) is 0. The maximum Gasteiger partial charge on any atom is 0.227 e. The SMILES string of the molecule is c1ccc(-c2ccc(N(c3cccc(-c4cccc5sc6ccccc6c45)c3)c3ccc4oc5ccc6nc(-c7ccccc7)oc6c5c4c3)cc2)cc1. The third kappa shape index (κ3) is 5.01. The number of hydrogen-bond acceptors (Lipinski definition) is 5. The maximum absolute atomic E-state index is 6.50. The smallest absolute Gasteiger partial charge is 0.227 e. The van der Waals surface area contributed by atoms with E-state index in [1.165, 1.54) is 42.4 Å². The summed E-state index contributed by atoms with van der Waals surface area (Å²) in [6, 6.07) is 64.0. The molecule has 0 aliphatic rings. The number of nitrogens with zero attached hydrogens (tertiary/aromatic N) is 2. The lowest BCUT2D eigenvalue weighted by molar-refractivity contribution is 0.622. The van der Waals surface area contributed by atoms with Crippen molar-refractivity contribution in [3.05, 3.63) is 182 Å². The Morgan fingerprint density at radius 2 is 1.09 bits per heavy atom. The van der Waals surface area contributed by atoms with E-state index >= 15 is 0 Å². The van der Waals surface area contributed by atoms with Crippen molar-refractivity contribution < 1.29 is 8.83 Å². The first-order valence-electron chi connectivity index (χ1n) is 18.0. The third-order valence-electron chi connectivity index (χ3n) is 10.3. The van der Waals surface area contributed by atoms with Crippen molar-refractivity contribution in [2.45, 2.75) is 0 Å². The van der Waals surface area contributed by atoms with Gasteiger partial charge in [-0.1, -0.05) is 103 Å². The zero-order valence-electron chi connectivity index (χ0n) is 28.9. The van der Waals surface area contributed by atoms with Gasteiger partial charge in [-0.05, 0) is 101 Å². The number of oxazole rings is 1. The Kier molecular flexibility index (Phi) is 7.00. The fourth-order valence-electron chi connectivity index (χ4n) is 7.79. The van der Waals surface area contributed by atoms with E-state index in [2.05, 4.69) is 144 Å². The van der Waals surface area contributed by atoms with E-state index in [-0.39, 0.29) is 0 Å². The number of rotatable bonds is 6. The van der Waals surface area contributed by atoms with Crippen LogP contribution in [0.2, 0.25) is 0 Å². The normalized spacial score (nSPS) is 11.7. The van der Waals surface area contributed by atoms with E-state index in [4.69, 9.17) is 13.8 Å². The quantitative estimate of drug-likeness (QED) is 0.172. The van der Waals surface area contributed by atoms with Crippen LogP contribution >= 0.6 is 11.3 Å². The van der Waals surface area contributed by atoms with Gasteiger partial charge in [-0.2, -0.15) is 0 Å². The van der Waals surface area contributed by atoms with Crippen molar-refractivity contribution >= 4 is 81.6 Å². The molecule has 0 N–H and O–H groups in total. The lowest BCUT2D eigenvalue weighted by Gasteiger charge is -2.26. The van der Waals surface area contributed by atoms with E-state index in [0.29, 0.717) is 5.89 Å². The minimum Gasteiger partial charge on any atom is -0.456 e. The van der Waals surface area contributed by atoms with Gasteiger partial charge in [0.2, 0.25) is 5.89 Å². The number of hydrogen-bond donors (Lipinski definition) is 0. The van der Waals surface area contributed by atoms with Crippen molar-refractivity contribution in [3.8, 4) is 33.7 Å². The highest BCUT2D eigenvalue weighted by Crippen LogP contribution is 2.44. The first-order valence-corrected chi connectivity index (χ1v) is 18.8. The molecule has 0 saturated carbocycles. The average Bonchev–Trinajstić information content (AvgIpc) is 3.95. The highest BCUT2D eigenvalue weighted by Gasteiger charge is 2.20. The standard InChI is InChI=1S/C49H30N2O2S/c1-3-11-31(12-4-1)32-21-23-35(24-22-32)51(36-16-9-15-34(29-36)38-18-10-20-45-46(38)39-17-7-8-19-44(39)54-45)37-25-27-42-40(30-37)47-43(52-42)28-26-41-48(47)53-49(50-41)33-13-5-2-6-14-33/h1-30H. The second-order valence-electron chi connectivity index (χ2n) is 13.5. The molecule has 254 valence electrons. The molecule has 0 aliphatic carbocycles. The van der Waals surface area contributed by atoms with Crippen molar-refractivity contribution in [2.24, 2.45) is 0 Å². The molecule has 0 aliphatic heterocycles. The fourth-order valence-corrected chi connectivity index (χ4v) is 8.92. The molecule has 8 aromatic carbocycles. The van der Waals surface area contributed by atoms with Crippen LogP contribution in [0.15, 0.2) is 191 Å². The lowest BCUT2D eigenvalue weighted by Crippen LogP contribution is -2.10. The highest BCUT2D eigenvalue weighted by molar-refractivity contribution is 7.25. The molecule has 3 heterocycles. The van der Waals surface area contributed by atoms with Gasteiger partial charge in [0.25, 0.3) is 0 Å². The van der Waals surface area contributed by atoms with Crippen LogP contribution in [0.5, 0.6) is 0 Å². The van der Waals surface area contributed by atoms with Gasteiger partial charge in [-0.15, -0.1) is 11.3 Å². The van der Waals surface area contributed by atoms with Gasteiger partial charge in [0.05, 0.1) is 5.39 Å². The van der Waals surface area contributed by atoms with E-state index < -0.39 is 0 Å². The summed E-state index contributed by atoms with van der Waals surface area (Å²) in [5.74, 6) is 0.592. The molecule has 0 fully saturated rings. The summed E-state index contributed by atoms with van der Waals surface area (Å²) >= 11 is 1.85. The molecule has 5 heteroatoms. The largest absolute Gasteiger partial charge is 0.456 e. The number of thiophene rings is 1. The number of fused-ring (bicyclic) bond motifs is 8. The molecule has 4 nitrogen and oxygen atoms in total. The molecule has 0 saturated heterocycles. The average molecular weight is 711 g/mol. The summed E-state index contributed by atoms with van der Waals surface area (Å²) in [7, 11) is 0. The zero-order chi connectivity index (χ0) is 35.6. The topological polar surface area (TPSA) is 42.4 Å². The Hall–Kier alpha value is -6.95. The molecule has 0 spiro atoms. The first-order chi connectivity index (χ1) is 26.7. The molecule has 0 radical (unpaired) electrons. The molecular weight excluding hydrogens is 681 g/mol. The molecule has 54 heavy (non-hydrogen) atoms. The molecule has 0 unspecified atom stereocenters. The summed E-state index contributed by atoms with van der Waals surface area (Å²) in [6.07, 6.45) is 0. The Labute approximate surface area is 314 Å².